The average Bonchev–Trinajstić information content (AvgIpc) is 3.52. The molecule has 3 aliphatic rings. The number of ether oxygens (including phenoxy) is 1. The third kappa shape index (κ3) is 2.97. The molecule has 1 spiro atoms. The molecule has 2 fully saturated rings. The van der Waals surface area contributed by atoms with Crippen molar-refractivity contribution in [3.63, 3.8) is 0 Å². The first-order valence-electron chi connectivity index (χ1n) is 11.7. The fraction of sp³-hybridized carbons (Fsp3) is 0.296. The van der Waals surface area contributed by atoms with Gasteiger partial charge in [0, 0.05) is 28.8 Å². The fourth-order valence-corrected chi connectivity index (χ4v) is 6.30. The predicted octanol–water partition coefficient (Wildman–Crippen LogP) is 4.32. The normalized spacial score (nSPS) is 27.4. The molecule has 0 radical (unpaired) electrons. The molecule has 3 aromatic carbocycles. The molecular weight excluding hydrogens is 430 g/mol. The van der Waals surface area contributed by atoms with Gasteiger partial charge in [0.15, 0.2) is 5.54 Å². The molecule has 0 saturated carbocycles. The molecule has 172 valence electrons. The number of nitrogens with zero attached hydrogens (tertiary/aromatic N) is 2. The highest BCUT2D eigenvalue weighted by atomic mass is 16.6. The molecule has 3 heterocycles. The lowest BCUT2D eigenvalue weighted by molar-refractivity contribution is -0.534. The number of benzene rings is 3. The van der Waals surface area contributed by atoms with Gasteiger partial charge in [0.1, 0.15) is 12.4 Å². The molecule has 6 rings (SSSR count). The molecule has 1 N–H and O–H groups in total. The minimum atomic E-state index is -1.28. The zero-order valence-electron chi connectivity index (χ0n) is 18.6. The van der Waals surface area contributed by atoms with Crippen LogP contribution in [-0.4, -0.2) is 34.4 Å². The summed E-state index contributed by atoms with van der Waals surface area (Å²) < 4.78 is 5.92. The van der Waals surface area contributed by atoms with Gasteiger partial charge in [0.05, 0.1) is 5.92 Å². The molecule has 0 bridgehead atoms. The van der Waals surface area contributed by atoms with Crippen LogP contribution in [0.3, 0.4) is 0 Å². The van der Waals surface area contributed by atoms with Gasteiger partial charge in [-0.05, 0) is 42.2 Å². The van der Waals surface area contributed by atoms with Gasteiger partial charge < -0.3 is 10.1 Å². The second-order valence-corrected chi connectivity index (χ2v) is 9.27. The molecule has 34 heavy (non-hydrogen) atoms. The molecule has 1 amide bonds. The van der Waals surface area contributed by atoms with E-state index < -0.39 is 17.5 Å². The van der Waals surface area contributed by atoms with Gasteiger partial charge in [0.25, 0.3) is 11.9 Å². The van der Waals surface area contributed by atoms with E-state index in [4.69, 9.17) is 4.74 Å². The first kappa shape index (κ1) is 20.9. The summed E-state index contributed by atoms with van der Waals surface area (Å²) in [6, 6.07) is 23.8. The number of hydrogen-bond acceptors (Lipinski definition) is 5. The summed E-state index contributed by atoms with van der Waals surface area (Å²) in [7, 11) is 0. The Kier molecular flexibility index (Phi) is 4.88. The molecule has 2 saturated heterocycles. The minimum Gasteiger partial charge on any atom is -0.489 e. The third-order valence-electron chi connectivity index (χ3n) is 7.61. The minimum absolute atomic E-state index is 0.0663. The topological polar surface area (TPSA) is 84.7 Å². The molecular formula is C27H25N3O4. The Morgan fingerprint density at radius 1 is 1.03 bits per heavy atom. The maximum Gasteiger partial charge on any atom is 0.256 e. The van der Waals surface area contributed by atoms with Gasteiger partial charge in [-0.15, -0.1) is 0 Å². The number of amides is 1. The predicted molar refractivity (Wildman–Crippen MR) is 127 cm³/mol. The quantitative estimate of drug-likeness (QED) is 0.458. The zero-order valence-corrected chi connectivity index (χ0v) is 18.6. The maximum absolute atomic E-state index is 13.5. The SMILES string of the molecule is O=C1Nc2ccccc2[C@]12[C@H]([N+](=O)[O-])[C@H](c1ccc(OCc3ccccc3)cc1)[C@@H]1CCCN12. The van der Waals surface area contributed by atoms with Crippen LogP contribution in [0.25, 0.3) is 0 Å². The number of nitrogens with one attached hydrogen (secondary N) is 1. The van der Waals surface area contributed by atoms with Gasteiger partial charge in [-0.25, -0.2) is 0 Å². The Morgan fingerprint density at radius 3 is 2.53 bits per heavy atom. The number of carbonyl (C=O) groups is 1. The first-order chi connectivity index (χ1) is 16.6. The van der Waals surface area contributed by atoms with Gasteiger partial charge in [-0.3, -0.25) is 19.8 Å². The lowest BCUT2D eigenvalue weighted by Gasteiger charge is -2.32. The second-order valence-electron chi connectivity index (χ2n) is 9.27. The highest BCUT2D eigenvalue weighted by Crippen LogP contribution is 2.58. The van der Waals surface area contributed by atoms with Crippen LogP contribution >= 0.6 is 0 Å². The van der Waals surface area contributed by atoms with Crippen LogP contribution in [0, 0.1) is 10.1 Å². The van der Waals surface area contributed by atoms with Gasteiger partial charge >= 0.3 is 0 Å². The molecule has 3 aromatic rings. The zero-order chi connectivity index (χ0) is 23.3. The van der Waals surface area contributed by atoms with Crippen LogP contribution in [0.5, 0.6) is 5.75 Å². The van der Waals surface area contributed by atoms with Crippen molar-refractivity contribution in [1.82, 2.24) is 4.90 Å². The number of rotatable bonds is 5. The molecule has 4 atom stereocenters. The van der Waals surface area contributed by atoms with E-state index in [1.54, 1.807) is 0 Å². The van der Waals surface area contributed by atoms with Crippen molar-refractivity contribution < 1.29 is 14.5 Å². The van der Waals surface area contributed by atoms with Crippen molar-refractivity contribution in [2.45, 2.75) is 43.0 Å². The Balaban J connectivity index is 1.36. The number of hydrogen-bond donors (Lipinski definition) is 1. The van der Waals surface area contributed by atoms with Gasteiger partial charge in [0.2, 0.25) is 0 Å². The van der Waals surface area contributed by atoms with E-state index in [0.29, 0.717) is 24.6 Å². The summed E-state index contributed by atoms with van der Waals surface area (Å²) in [6.07, 6.45) is 1.75. The number of carbonyl (C=O) groups excluding carboxylic acids is 1. The molecule has 0 unspecified atom stereocenters. The lowest BCUT2D eigenvalue weighted by atomic mass is 9.77. The van der Waals surface area contributed by atoms with Crippen molar-refractivity contribution in [2.75, 3.05) is 11.9 Å². The van der Waals surface area contributed by atoms with E-state index in [1.807, 2.05) is 78.9 Å². The van der Waals surface area contributed by atoms with Gasteiger partial charge in [-0.1, -0.05) is 60.7 Å². The van der Waals surface area contributed by atoms with Crippen molar-refractivity contribution in [1.29, 1.82) is 0 Å². The van der Waals surface area contributed by atoms with Crippen molar-refractivity contribution in [2.24, 2.45) is 0 Å². The van der Waals surface area contributed by atoms with E-state index in [1.165, 1.54) is 0 Å². The number of para-hydroxylation sites is 1. The highest BCUT2D eigenvalue weighted by molar-refractivity contribution is 6.07. The van der Waals surface area contributed by atoms with Crippen molar-refractivity contribution >= 4 is 11.6 Å². The summed E-state index contributed by atoms with van der Waals surface area (Å²) in [6.45, 7) is 1.13. The summed E-state index contributed by atoms with van der Waals surface area (Å²) in [5.41, 5.74) is 2.06. The molecule has 0 aromatic heterocycles. The summed E-state index contributed by atoms with van der Waals surface area (Å²) in [4.78, 5) is 28.0. The van der Waals surface area contributed by atoms with Crippen LogP contribution in [0.2, 0.25) is 0 Å². The molecule has 7 heteroatoms. The molecule has 7 nitrogen and oxygen atoms in total. The largest absolute Gasteiger partial charge is 0.489 e. The number of nitro groups is 1. The second kappa shape index (κ2) is 7.95. The first-order valence-corrected chi connectivity index (χ1v) is 11.7. The standard InChI is InChI=1S/C27H25N3O4/c31-26-27(21-9-4-5-10-22(21)28-26)25(30(32)33)24(23-11-6-16-29(23)27)19-12-14-20(15-13-19)34-17-18-7-2-1-3-8-18/h1-5,7-10,12-15,23-25H,6,11,16-17H2,(H,28,31)/t23-,24+,25+,27-/m0/s1. The van der Waals surface area contributed by atoms with Crippen LogP contribution < -0.4 is 10.1 Å². The van der Waals surface area contributed by atoms with E-state index >= 15 is 0 Å². The van der Waals surface area contributed by atoms with E-state index in [-0.39, 0.29) is 16.9 Å². The van der Waals surface area contributed by atoms with E-state index in [0.717, 1.165) is 29.5 Å². The van der Waals surface area contributed by atoms with Crippen LogP contribution in [0.4, 0.5) is 5.69 Å². The summed E-state index contributed by atoms with van der Waals surface area (Å²) in [5, 5.41) is 15.6. The third-order valence-corrected chi connectivity index (χ3v) is 7.61. The Morgan fingerprint density at radius 2 is 1.76 bits per heavy atom. The van der Waals surface area contributed by atoms with Gasteiger partial charge in [-0.2, -0.15) is 0 Å². The lowest BCUT2D eigenvalue weighted by Crippen LogP contribution is -2.55. The smallest absolute Gasteiger partial charge is 0.256 e. The summed E-state index contributed by atoms with van der Waals surface area (Å²) >= 11 is 0. The monoisotopic (exact) mass is 455 g/mol. The van der Waals surface area contributed by atoms with E-state index in [2.05, 4.69) is 10.2 Å². The van der Waals surface area contributed by atoms with Crippen molar-refractivity contribution in [3.05, 3.63) is 106 Å². The molecule has 0 aliphatic carbocycles. The Hall–Kier alpha value is -3.71. The highest BCUT2D eigenvalue weighted by Gasteiger charge is 2.73. The maximum atomic E-state index is 13.5. The molecule has 3 aliphatic heterocycles. The van der Waals surface area contributed by atoms with Crippen molar-refractivity contribution in [3.8, 4) is 5.75 Å². The Labute approximate surface area is 197 Å². The van der Waals surface area contributed by atoms with Crippen LogP contribution in [-0.2, 0) is 16.9 Å². The Bertz CT molecular complexity index is 1250. The van der Waals surface area contributed by atoms with Crippen LogP contribution in [0.1, 0.15) is 35.4 Å². The van der Waals surface area contributed by atoms with Crippen LogP contribution in [0.15, 0.2) is 78.9 Å². The number of fused-ring (bicyclic) bond motifs is 4. The summed E-state index contributed by atoms with van der Waals surface area (Å²) in [5.74, 6) is 0.0374. The van der Waals surface area contributed by atoms with E-state index in [9.17, 15) is 14.9 Å². The fourth-order valence-electron chi connectivity index (χ4n) is 6.30. The average molecular weight is 456 g/mol. The number of anilines is 1.